The Morgan fingerprint density at radius 2 is 2.10 bits per heavy atom. The van der Waals surface area contributed by atoms with E-state index in [1.165, 1.54) is 30.6 Å². The molecule has 0 bridgehead atoms. The van der Waals surface area contributed by atoms with Crippen molar-refractivity contribution in [2.24, 2.45) is 0 Å². The average molecular weight is 296 g/mol. The van der Waals surface area contributed by atoms with Crippen molar-refractivity contribution in [3.8, 4) is 5.75 Å². The number of hydrogen-bond acceptors (Lipinski definition) is 4. The van der Waals surface area contributed by atoms with Gasteiger partial charge in [0.05, 0.1) is 0 Å². The summed E-state index contributed by atoms with van der Waals surface area (Å²) in [5, 5.41) is 9.18. The number of nitrogens with one attached hydrogen (secondary N) is 2. The summed E-state index contributed by atoms with van der Waals surface area (Å²) in [7, 11) is 0. The molecule has 0 aliphatic rings. The zero-order valence-corrected chi connectivity index (χ0v) is 11.1. The van der Waals surface area contributed by atoms with E-state index >= 15 is 0 Å². The molecule has 8 heteroatoms. The van der Waals surface area contributed by atoms with E-state index in [0.717, 1.165) is 5.82 Å². The van der Waals surface area contributed by atoms with Crippen LogP contribution in [0.25, 0.3) is 0 Å². The predicted octanol–water partition coefficient (Wildman–Crippen LogP) is 1.77. The number of benzene rings is 1. The number of H-pyrrole nitrogens is 1. The molecule has 0 fully saturated rings. The Bertz CT molecular complexity index is 558. The molecule has 21 heavy (non-hydrogen) atoms. The van der Waals surface area contributed by atoms with Gasteiger partial charge >= 0.3 is 6.61 Å². The lowest BCUT2D eigenvalue weighted by atomic mass is 10.2. The van der Waals surface area contributed by atoms with Gasteiger partial charge in [0.2, 0.25) is 0 Å². The highest BCUT2D eigenvalue weighted by atomic mass is 19.3. The number of rotatable bonds is 7. The molecule has 2 rings (SSSR count). The van der Waals surface area contributed by atoms with Crippen molar-refractivity contribution >= 4 is 5.91 Å². The van der Waals surface area contributed by atoms with Gasteiger partial charge in [0.1, 0.15) is 17.9 Å². The number of alkyl halides is 2. The van der Waals surface area contributed by atoms with E-state index in [1.807, 2.05) is 0 Å². The Labute approximate surface area is 119 Å². The van der Waals surface area contributed by atoms with Gasteiger partial charge in [0.25, 0.3) is 5.91 Å². The molecule has 0 aliphatic carbocycles. The molecule has 0 spiro atoms. The summed E-state index contributed by atoms with van der Waals surface area (Å²) in [5.74, 6) is 0.515. The van der Waals surface area contributed by atoms with Gasteiger partial charge in [-0.3, -0.25) is 9.89 Å². The number of carbonyl (C=O) groups is 1. The second-order valence-corrected chi connectivity index (χ2v) is 4.19. The lowest BCUT2D eigenvalue weighted by Crippen LogP contribution is -2.24. The van der Waals surface area contributed by atoms with Crippen LogP contribution in [0.5, 0.6) is 5.75 Å². The van der Waals surface area contributed by atoms with E-state index in [2.05, 4.69) is 25.2 Å². The maximum Gasteiger partial charge on any atom is 0.387 e. The molecular formula is C13H14F2N4O2. The van der Waals surface area contributed by atoms with E-state index in [0.29, 0.717) is 24.9 Å². The molecule has 0 unspecified atom stereocenters. The first-order valence-corrected chi connectivity index (χ1v) is 6.32. The van der Waals surface area contributed by atoms with Gasteiger partial charge < -0.3 is 10.1 Å². The van der Waals surface area contributed by atoms with Gasteiger partial charge in [-0.25, -0.2) is 4.98 Å². The minimum absolute atomic E-state index is 0.0202. The van der Waals surface area contributed by atoms with E-state index in [1.54, 1.807) is 0 Å². The van der Waals surface area contributed by atoms with Crippen LogP contribution in [-0.2, 0) is 6.42 Å². The maximum atomic E-state index is 12.0. The summed E-state index contributed by atoms with van der Waals surface area (Å²) in [5.41, 5.74) is 0.385. The van der Waals surface area contributed by atoms with Crippen LogP contribution in [0.3, 0.4) is 0 Å². The lowest BCUT2D eigenvalue weighted by Gasteiger charge is -2.06. The Balaban J connectivity index is 1.75. The van der Waals surface area contributed by atoms with Crippen LogP contribution in [0, 0.1) is 0 Å². The monoisotopic (exact) mass is 296 g/mol. The number of hydrogen-bond donors (Lipinski definition) is 2. The van der Waals surface area contributed by atoms with Crippen LogP contribution in [0.4, 0.5) is 8.78 Å². The molecule has 0 atom stereocenters. The lowest BCUT2D eigenvalue weighted by molar-refractivity contribution is -0.0498. The first kappa shape index (κ1) is 14.9. The zero-order chi connectivity index (χ0) is 15.1. The van der Waals surface area contributed by atoms with Crippen LogP contribution in [0.15, 0.2) is 30.6 Å². The third-order valence-corrected chi connectivity index (χ3v) is 2.68. The van der Waals surface area contributed by atoms with Gasteiger partial charge in [-0.05, 0) is 30.7 Å². The highest BCUT2D eigenvalue weighted by Crippen LogP contribution is 2.14. The predicted molar refractivity (Wildman–Crippen MR) is 70.1 cm³/mol. The van der Waals surface area contributed by atoms with Gasteiger partial charge in [-0.15, -0.1) is 0 Å². The minimum Gasteiger partial charge on any atom is -0.435 e. The van der Waals surface area contributed by atoms with Crippen LogP contribution in [-0.4, -0.2) is 34.2 Å². The number of nitrogens with zero attached hydrogens (tertiary/aromatic N) is 2. The summed E-state index contributed by atoms with van der Waals surface area (Å²) in [6.45, 7) is -2.39. The average Bonchev–Trinajstić information content (AvgIpc) is 2.97. The fourth-order valence-corrected chi connectivity index (χ4v) is 1.70. The summed E-state index contributed by atoms with van der Waals surface area (Å²) in [6, 6.07) is 5.53. The number of halogens is 2. The molecule has 112 valence electrons. The van der Waals surface area contributed by atoms with Crippen molar-refractivity contribution in [3.05, 3.63) is 42.0 Å². The molecular weight excluding hydrogens is 282 g/mol. The number of ether oxygens (including phenoxy) is 1. The molecule has 0 aliphatic heterocycles. The molecule has 1 heterocycles. The second kappa shape index (κ2) is 7.32. The molecule has 2 aromatic rings. The van der Waals surface area contributed by atoms with Crippen molar-refractivity contribution in [2.75, 3.05) is 6.54 Å². The largest absolute Gasteiger partial charge is 0.435 e. The van der Waals surface area contributed by atoms with Gasteiger partial charge in [0.15, 0.2) is 0 Å². The molecule has 1 amide bonds. The standard InChI is InChI=1S/C13H14F2N4O2/c14-13(15)21-10-5-3-9(4-6-10)12(20)16-7-1-2-11-17-8-18-19-11/h3-6,8,13H,1-2,7H2,(H,16,20)(H,17,18,19). The second-order valence-electron chi connectivity index (χ2n) is 4.19. The van der Waals surface area contributed by atoms with Gasteiger partial charge in [0, 0.05) is 18.5 Å². The smallest absolute Gasteiger partial charge is 0.387 e. The van der Waals surface area contributed by atoms with E-state index < -0.39 is 6.61 Å². The number of carbonyl (C=O) groups excluding carboxylic acids is 1. The van der Waals surface area contributed by atoms with Crippen molar-refractivity contribution in [3.63, 3.8) is 0 Å². The number of amides is 1. The third-order valence-electron chi connectivity index (χ3n) is 2.68. The van der Waals surface area contributed by atoms with Crippen molar-refractivity contribution in [2.45, 2.75) is 19.5 Å². The Hall–Kier alpha value is -2.51. The third kappa shape index (κ3) is 4.83. The summed E-state index contributed by atoms with van der Waals surface area (Å²) in [4.78, 5) is 15.8. The zero-order valence-electron chi connectivity index (χ0n) is 11.1. The van der Waals surface area contributed by atoms with Gasteiger partial charge in [-0.1, -0.05) is 0 Å². The molecule has 6 nitrogen and oxygen atoms in total. The maximum absolute atomic E-state index is 12.0. The molecule has 0 radical (unpaired) electrons. The number of aromatic nitrogens is 3. The van der Waals surface area contributed by atoms with Crippen LogP contribution < -0.4 is 10.1 Å². The summed E-state index contributed by atoms with van der Waals surface area (Å²) in [6.07, 6.45) is 2.83. The highest BCUT2D eigenvalue weighted by Gasteiger charge is 2.07. The molecule has 2 N–H and O–H groups in total. The first-order valence-electron chi connectivity index (χ1n) is 6.32. The molecule has 1 aromatic carbocycles. The number of aryl methyl sites for hydroxylation is 1. The summed E-state index contributed by atoms with van der Waals surface area (Å²) < 4.78 is 28.2. The Morgan fingerprint density at radius 3 is 2.71 bits per heavy atom. The highest BCUT2D eigenvalue weighted by molar-refractivity contribution is 5.94. The van der Waals surface area contributed by atoms with Crippen LogP contribution in [0.2, 0.25) is 0 Å². The van der Waals surface area contributed by atoms with Crippen molar-refractivity contribution < 1.29 is 18.3 Å². The topological polar surface area (TPSA) is 79.9 Å². The Morgan fingerprint density at radius 1 is 1.33 bits per heavy atom. The fraction of sp³-hybridized carbons (Fsp3) is 0.308. The van der Waals surface area contributed by atoms with E-state index in [4.69, 9.17) is 0 Å². The van der Waals surface area contributed by atoms with E-state index in [9.17, 15) is 13.6 Å². The first-order chi connectivity index (χ1) is 10.1. The number of aromatic amines is 1. The minimum atomic E-state index is -2.87. The quantitative estimate of drug-likeness (QED) is 0.763. The fourth-order valence-electron chi connectivity index (χ4n) is 1.70. The Kier molecular flexibility index (Phi) is 5.19. The normalized spacial score (nSPS) is 10.6. The van der Waals surface area contributed by atoms with Crippen molar-refractivity contribution in [1.82, 2.24) is 20.5 Å². The SMILES string of the molecule is O=C(NCCCc1ncn[nH]1)c1ccc(OC(F)F)cc1. The molecule has 1 aromatic heterocycles. The van der Waals surface area contributed by atoms with Crippen molar-refractivity contribution in [1.29, 1.82) is 0 Å². The van der Waals surface area contributed by atoms with Gasteiger partial charge in [-0.2, -0.15) is 13.9 Å². The molecule has 0 saturated heterocycles. The van der Waals surface area contributed by atoms with E-state index in [-0.39, 0.29) is 11.7 Å². The molecule has 0 saturated carbocycles. The van der Waals surface area contributed by atoms with Crippen LogP contribution in [0.1, 0.15) is 22.6 Å². The van der Waals surface area contributed by atoms with Crippen LogP contribution >= 0.6 is 0 Å². The summed E-state index contributed by atoms with van der Waals surface area (Å²) >= 11 is 0.